The van der Waals surface area contributed by atoms with E-state index in [0.717, 1.165) is 40.4 Å². The fourth-order valence-electron chi connectivity index (χ4n) is 4.33. The molecular formula is C24H16N4O2S. The van der Waals surface area contributed by atoms with Crippen LogP contribution in [0, 0.1) is 11.3 Å². The third kappa shape index (κ3) is 2.76. The molecule has 2 aromatic heterocycles. The molecule has 6 rings (SSSR count). The lowest BCUT2D eigenvalue weighted by molar-refractivity contribution is 0.519. The zero-order valence-electron chi connectivity index (χ0n) is 16.4. The van der Waals surface area contributed by atoms with Gasteiger partial charge in [0.25, 0.3) is 5.56 Å². The Morgan fingerprint density at radius 3 is 2.84 bits per heavy atom. The molecule has 3 aliphatic rings. The molecule has 3 aromatic rings. The van der Waals surface area contributed by atoms with Crippen molar-refractivity contribution in [1.29, 1.82) is 5.26 Å². The van der Waals surface area contributed by atoms with Crippen LogP contribution in [0.25, 0.3) is 27.6 Å². The highest BCUT2D eigenvalue weighted by atomic mass is 32.1. The Balaban J connectivity index is 1.65. The van der Waals surface area contributed by atoms with Crippen LogP contribution in [0.5, 0.6) is 0 Å². The summed E-state index contributed by atoms with van der Waals surface area (Å²) in [6.45, 7) is 0. The Hall–Kier alpha value is -3.89. The second kappa shape index (κ2) is 6.83. The summed E-state index contributed by atoms with van der Waals surface area (Å²) in [5, 5.41) is 9.29. The number of imidazole rings is 1. The van der Waals surface area contributed by atoms with Gasteiger partial charge in [0.15, 0.2) is 5.82 Å². The topological polar surface area (TPSA) is 87.6 Å². The van der Waals surface area contributed by atoms with E-state index in [1.165, 1.54) is 16.9 Å². The van der Waals surface area contributed by atoms with Crippen molar-refractivity contribution in [1.82, 2.24) is 14.5 Å². The molecule has 1 aromatic carbocycles. The predicted octanol–water partition coefficient (Wildman–Crippen LogP) is 4.55. The third-order valence-electron chi connectivity index (χ3n) is 5.74. The van der Waals surface area contributed by atoms with Crippen LogP contribution in [-0.4, -0.2) is 14.5 Å². The quantitative estimate of drug-likeness (QED) is 0.460. The number of aromatic nitrogens is 3. The average molecular weight is 424 g/mol. The molecule has 0 radical (unpaired) electrons. The standard InChI is InChI=1S/C24H16N4O2S/c25-13-16-8-10-20(31-16)22-23-26-18(12-15-5-3-11-30-15)24(29)28(23)19-9-7-14-4-1-2-6-17(14)21(19)27-22/h1-6,8,10-11,27H,7,9,12H2. The summed E-state index contributed by atoms with van der Waals surface area (Å²) in [6.07, 6.45) is 3.56. The van der Waals surface area contributed by atoms with E-state index in [4.69, 9.17) is 9.40 Å². The van der Waals surface area contributed by atoms with Crippen molar-refractivity contribution in [3.8, 4) is 33.7 Å². The Bertz CT molecular complexity index is 1500. The van der Waals surface area contributed by atoms with Crippen molar-refractivity contribution in [2.45, 2.75) is 19.3 Å². The molecule has 2 aliphatic heterocycles. The summed E-state index contributed by atoms with van der Waals surface area (Å²) >= 11 is 1.39. The summed E-state index contributed by atoms with van der Waals surface area (Å²) in [5.41, 5.74) is 5.33. The minimum Gasteiger partial charge on any atom is -0.469 e. The zero-order valence-corrected chi connectivity index (χ0v) is 17.2. The number of nitrogens with zero attached hydrogens (tertiary/aromatic N) is 3. The van der Waals surface area contributed by atoms with Crippen LogP contribution in [0.15, 0.2) is 64.0 Å². The maximum absolute atomic E-state index is 13.5. The minimum absolute atomic E-state index is 0.116. The summed E-state index contributed by atoms with van der Waals surface area (Å²) < 4.78 is 7.20. The number of nitriles is 1. The largest absolute Gasteiger partial charge is 0.469 e. The smallest absolute Gasteiger partial charge is 0.278 e. The maximum Gasteiger partial charge on any atom is 0.278 e. The Kier molecular flexibility index (Phi) is 3.95. The Morgan fingerprint density at radius 1 is 1.13 bits per heavy atom. The number of benzene rings is 1. The molecule has 1 aliphatic carbocycles. The van der Waals surface area contributed by atoms with Gasteiger partial charge in [-0.1, -0.05) is 24.3 Å². The fourth-order valence-corrected chi connectivity index (χ4v) is 5.13. The molecule has 0 bridgehead atoms. The molecule has 4 heterocycles. The average Bonchev–Trinajstić information content (AvgIpc) is 3.55. The van der Waals surface area contributed by atoms with Gasteiger partial charge in [0, 0.05) is 5.56 Å². The summed E-state index contributed by atoms with van der Waals surface area (Å²) in [4.78, 5) is 23.3. The molecule has 150 valence electrons. The second-order valence-corrected chi connectivity index (χ2v) is 8.62. The number of fused-ring (bicyclic) bond motifs is 5. The number of thiophene rings is 1. The number of aromatic amines is 1. The molecule has 0 unspecified atom stereocenters. The van der Waals surface area contributed by atoms with Gasteiger partial charge in [0.1, 0.15) is 28.1 Å². The van der Waals surface area contributed by atoms with Crippen molar-refractivity contribution in [3.63, 3.8) is 0 Å². The van der Waals surface area contributed by atoms with Gasteiger partial charge in [-0.2, -0.15) is 5.26 Å². The highest BCUT2D eigenvalue weighted by molar-refractivity contribution is 7.16. The van der Waals surface area contributed by atoms with Gasteiger partial charge in [-0.3, -0.25) is 9.36 Å². The lowest BCUT2D eigenvalue weighted by Gasteiger charge is -2.24. The van der Waals surface area contributed by atoms with E-state index in [0.29, 0.717) is 28.6 Å². The first-order valence-corrected chi connectivity index (χ1v) is 10.8. The van der Waals surface area contributed by atoms with Crippen LogP contribution < -0.4 is 5.56 Å². The number of aryl methyl sites for hydroxylation is 1. The third-order valence-corrected chi connectivity index (χ3v) is 6.74. The van der Waals surface area contributed by atoms with Gasteiger partial charge in [0.2, 0.25) is 0 Å². The number of nitrogens with one attached hydrogen (secondary N) is 1. The summed E-state index contributed by atoms with van der Waals surface area (Å²) in [7, 11) is 0. The van der Waals surface area contributed by atoms with Gasteiger partial charge in [-0.15, -0.1) is 11.3 Å². The molecule has 0 saturated heterocycles. The van der Waals surface area contributed by atoms with E-state index < -0.39 is 0 Å². The van der Waals surface area contributed by atoms with Crippen LogP contribution in [0.2, 0.25) is 0 Å². The van der Waals surface area contributed by atoms with Crippen molar-refractivity contribution in [2.24, 2.45) is 0 Å². The number of hydrogen-bond acceptors (Lipinski definition) is 5. The highest BCUT2D eigenvalue weighted by Gasteiger charge is 2.29. The van der Waals surface area contributed by atoms with Gasteiger partial charge in [-0.25, -0.2) is 4.98 Å². The number of H-pyrrole nitrogens is 1. The molecule has 6 nitrogen and oxygen atoms in total. The minimum atomic E-state index is -0.116. The van der Waals surface area contributed by atoms with Crippen LogP contribution in [0.1, 0.15) is 27.6 Å². The molecular weight excluding hydrogens is 408 g/mol. The SMILES string of the molecule is N#Cc1ccc(-c2[nH]c3c(n4c(=O)c(Cc5ccco5)nc2-4)CCc2ccccc2-3)s1. The Labute approximate surface area is 181 Å². The number of furan rings is 1. The first-order valence-electron chi connectivity index (χ1n) is 10.0. The zero-order chi connectivity index (χ0) is 20.9. The molecule has 0 atom stereocenters. The van der Waals surface area contributed by atoms with Gasteiger partial charge >= 0.3 is 0 Å². The van der Waals surface area contributed by atoms with E-state index in [9.17, 15) is 10.1 Å². The van der Waals surface area contributed by atoms with Crippen molar-refractivity contribution < 1.29 is 4.42 Å². The predicted molar refractivity (Wildman–Crippen MR) is 118 cm³/mol. The van der Waals surface area contributed by atoms with Crippen LogP contribution in [-0.2, 0) is 19.3 Å². The first-order chi connectivity index (χ1) is 15.2. The number of rotatable bonds is 3. The second-order valence-electron chi connectivity index (χ2n) is 7.53. The summed E-state index contributed by atoms with van der Waals surface area (Å²) in [5.74, 6) is 1.30. The highest BCUT2D eigenvalue weighted by Crippen LogP contribution is 2.38. The van der Waals surface area contributed by atoms with E-state index in [2.05, 4.69) is 23.2 Å². The molecule has 7 heteroatoms. The first kappa shape index (κ1) is 17.9. The molecule has 0 saturated carbocycles. The Morgan fingerprint density at radius 2 is 2.03 bits per heavy atom. The molecule has 31 heavy (non-hydrogen) atoms. The molecule has 1 N–H and O–H groups in total. The lowest BCUT2D eigenvalue weighted by Crippen LogP contribution is -2.24. The van der Waals surface area contributed by atoms with Gasteiger partial charge in [-0.05, 0) is 42.7 Å². The van der Waals surface area contributed by atoms with Crippen LogP contribution in [0.4, 0.5) is 0 Å². The lowest BCUT2D eigenvalue weighted by atomic mass is 9.91. The maximum atomic E-state index is 13.5. The van der Waals surface area contributed by atoms with Crippen LogP contribution >= 0.6 is 11.3 Å². The van der Waals surface area contributed by atoms with Gasteiger partial charge in [0.05, 0.1) is 28.9 Å². The molecule has 0 spiro atoms. The van der Waals surface area contributed by atoms with Gasteiger partial charge < -0.3 is 9.40 Å². The van der Waals surface area contributed by atoms with Crippen molar-refractivity contribution in [3.05, 3.63) is 92.7 Å². The number of hydrogen-bond donors (Lipinski definition) is 1. The normalized spacial score (nSPS) is 12.5. The van der Waals surface area contributed by atoms with E-state index >= 15 is 0 Å². The van der Waals surface area contributed by atoms with Crippen LogP contribution in [0.3, 0.4) is 0 Å². The van der Waals surface area contributed by atoms with Crippen molar-refractivity contribution in [2.75, 3.05) is 0 Å². The monoisotopic (exact) mass is 424 g/mol. The molecule has 0 amide bonds. The molecule has 0 fully saturated rings. The van der Waals surface area contributed by atoms with E-state index in [-0.39, 0.29) is 5.56 Å². The van der Waals surface area contributed by atoms with E-state index in [1.807, 2.05) is 30.3 Å². The van der Waals surface area contributed by atoms with Crippen molar-refractivity contribution >= 4 is 11.3 Å². The fraction of sp³-hybridized carbons (Fsp3) is 0.125. The van der Waals surface area contributed by atoms with E-state index in [1.54, 1.807) is 16.9 Å². The summed E-state index contributed by atoms with van der Waals surface area (Å²) in [6, 6.07) is 17.8.